The molecule has 2 N–H and O–H groups in total. The fourth-order valence-corrected chi connectivity index (χ4v) is 2.44. The summed E-state index contributed by atoms with van der Waals surface area (Å²) in [5, 5.41) is 0. The molecule has 2 aromatic rings. The lowest BCUT2D eigenvalue weighted by Crippen LogP contribution is -1.99. The molecule has 0 radical (unpaired) electrons. The molecule has 0 heterocycles. The third-order valence-corrected chi connectivity index (χ3v) is 3.49. The van der Waals surface area contributed by atoms with Crippen molar-refractivity contribution in [1.82, 2.24) is 0 Å². The molecule has 0 spiro atoms. The van der Waals surface area contributed by atoms with Gasteiger partial charge >= 0.3 is 0 Å². The Labute approximate surface area is 126 Å². The molecule has 2 aromatic carbocycles. The second-order valence-electron chi connectivity index (χ2n) is 5.58. The second kappa shape index (κ2) is 6.53. The Hall–Kier alpha value is -2.16. The molecule has 0 saturated carbocycles. The van der Waals surface area contributed by atoms with Crippen LogP contribution in [-0.4, -0.2) is 7.11 Å². The van der Waals surface area contributed by atoms with Gasteiger partial charge in [0.1, 0.15) is 18.1 Å². The van der Waals surface area contributed by atoms with E-state index in [1.54, 1.807) is 13.2 Å². The van der Waals surface area contributed by atoms with Gasteiger partial charge < -0.3 is 15.2 Å². The van der Waals surface area contributed by atoms with Gasteiger partial charge in [0.2, 0.25) is 0 Å². The number of benzene rings is 2. The van der Waals surface area contributed by atoms with E-state index in [0.717, 1.165) is 17.1 Å². The first-order valence-electron chi connectivity index (χ1n) is 7.16. The second-order valence-corrected chi connectivity index (χ2v) is 5.58. The number of anilines is 1. The van der Waals surface area contributed by atoms with Crippen LogP contribution in [-0.2, 0) is 6.61 Å². The highest BCUT2D eigenvalue weighted by molar-refractivity contribution is 5.47. The van der Waals surface area contributed by atoms with Crippen LogP contribution in [0.2, 0.25) is 0 Å². The third-order valence-electron chi connectivity index (χ3n) is 3.49. The van der Waals surface area contributed by atoms with Gasteiger partial charge in [-0.3, -0.25) is 0 Å². The van der Waals surface area contributed by atoms with Crippen LogP contribution in [0.3, 0.4) is 0 Å². The van der Waals surface area contributed by atoms with Crippen molar-refractivity contribution >= 4 is 5.69 Å². The minimum atomic E-state index is 0.474. The highest BCUT2D eigenvalue weighted by atomic mass is 16.5. The van der Waals surface area contributed by atoms with Crippen LogP contribution in [0.1, 0.15) is 36.5 Å². The van der Waals surface area contributed by atoms with E-state index in [-0.39, 0.29) is 0 Å². The normalized spacial score (nSPS) is 10.7. The molecule has 21 heavy (non-hydrogen) atoms. The molecule has 0 aromatic heterocycles. The minimum absolute atomic E-state index is 0.474. The van der Waals surface area contributed by atoms with E-state index in [4.69, 9.17) is 15.2 Å². The van der Waals surface area contributed by atoms with E-state index in [0.29, 0.717) is 18.2 Å². The summed E-state index contributed by atoms with van der Waals surface area (Å²) in [7, 11) is 1.63. The lowest BCUT2D eigenvalue weighted by Gasteiger charge is -2.13. The van der Waals surface area contributed by atoms with Crippen LogP contribution in [0.15, 0.2) is 36.4 Å². The first-order chi connectivity index (χ1) is 9.99. The molecule has 3 heteroatoms. The SMILES string of the molecule is COc1cc(N)cc(COc2ccc(C(C)C)c(C)c2)c1. The topological polar surface area (TPSA) is 44.5 Å². The lowest BCUT2D eigenvalue weighted by molar-refractivity contribution is 0.305. The predicted molar refractivity (Wildman–Crippen MR) is 87.0 cm³/mol. The van der Waals surface area contributed by atoms with Crippen molar-refractivity contribution in [2.24, 2.45) is 0 Å². The molecular formula is C18H23NO2. The Kier molecular flexibility index (Phi) is 4.73. The molecule has 112 valence electrons. The fraction of sp³-hybridized carbons (Fsp3) is 0.333. The number of rotatable bonds is 5. The summed E-state index contributed by atoms with van der Waals surface area (Å²) >= 11 is 0. The molecule has 0 aliphatic rings. The Morgan fingerprint density at radius 1 is 1.05 bits per heavy atom. The smallest absolute Gasteiger partial charge is 0.121 e. The summed E-state index contributed by atoms with van der Waals surface area (Å²) in [6.07, 6.45) is 0. The zero-order valence-corrected chi connectivity index (χ0v) is 13.1. The summed E-state index contributed by atoms with van der Waals surface area (Å²) in [4.78, 5) is 0. The van der Waals surface area contributed by atoms with Gasteiger partial charge in [0.25, 0.3) is 0 Å². The average molecular weight is 285 g/mol. The highest BCUT2D eigenvalue weighted by Gasteiger charge is 2.05. The van der Waals surface area contributed by atoms with E-state index >= 15 is 0 Å². The first kappa shape index (κ1) is 15.2. The molecule has 0 aliphatic heterocycles. The number of nitrogen functional groups attached to an aromatic ring is 1. The van der Waals surface area contributed by atoms with Gasteiger partial charge in [-0.1, -0.05) is 19.9 Å². The summed E-state index contributed by atoms with van der Waals surface area (Å²) in [5.74, 6) is 2.15. The lowest BCUT2D eigenvalue weighted by atomic mass is 9.98. The largest absolute Gasteiger partial charge is 0.497 e. The van der Waals surface area contributed by atoms with Crippen LogP contribution in [0.4, 0.5) is 5.69 Å². The molecule has 0 atom stereocenters. The number of aryl methyl sites for hydroxylation is 1. The van der Waals surface area contributed by atoms with Crippen LogP contribution >= 0.6 is 0 Å². The van der Waals surface area contributed by atoms with Crippen LogP contribution in [0.5, 0.6) is 11.5 Å². The molecule has 0 unspecified atom stereocenters. The molecule has 0 bridgehead atoms. The number of methoxy groups -OCH3 is 1. The zero-order valence-electron chi connectivity index (χ0n) is 13.1. The van der Waals surface area contributed by atoms with Gasteiger partial charge in [0, 0.05) is 11.8 Å². The fourth-order valence-electron chi connectivity index (χ4n) is 2.44. The van der Waals surface area contributed by atoms with Gasteiger partial charge in [-0.05, 0) is 53.8 Å². The Morgan fingerprint density at radius 2 is 1.81 bits per heavy atom. The number of hydrogen-bond donors (Lipinski definition) is 1. The molecular weight excluding hydrogens is 262 g/mol. The molecule has 0 saturated heterocycles. The summed E-state index contributed by atoms with van der Waals surface area (Å²) in [6, 6.07) is 11.9. The molecule has 0 fully saturated rings. The van der Waals surface area contributed by atoms with E-state index in [1.165, 1.54) is 11.1 Å². The summed E-state index contributed by atoms with van der Waals surface area (Å²) in [5.41, 5.74) is 10.1. The van der Waals surface area contributed by atoms with Crippen molar-refractivity contribution in [2.75, 3.05) is 12.8 Å². The van der Waals surface area contributed by atoms with Gasteiger partial charge in [0.05, 0.1) is 7.11 Å². The zero-order chi connectivity index (χ0) is 15.4. The molecule has 0 amide bonds. The van der Waals surface area contributed by atoms with Crippen molar-refractivity contribution in [3.8, 4) is 11.5 Å². The van der Waals surface area contributed by atoms with Gasteiger partial charge in [0.15, 0.2) is 0 Å². The average Bonchev–Trinajstić information content (AvgIpc) is 2.44. The number of hydrogen-bond acceptors (Lipinski definition) is 3. The van der Waals surface area contributed by atoms with E-state index in [2.05, 4.69) is 32.9 Å². The Morgan fingerprint density at radius 3 is 2.43 bits per heavy atom. The van der Waals surface area contributed by atoms with Gasteiger partial charge in [-0.15, -0.1) is 0 Å². The van der Waals surface area contributed by atoms with Crippen LogP contribution in [0, 0.1) is 6.92 Å². The summed E-state index contributed by atoms with van der Waals surface area (Å²) < 4.78 is 11.1. The van der Waals surface area contributed by atoms with Gasteiger partial charge in [-0.2, -0.15) is 0 Å². The standard InChI is InChI=1S/C18H23NO2/c1-12(2)18-6-5-16(7-13(18)3)21-11-14-8-15(19)10-17(9-14)20-4/h5-10,12H,11,19H2,1-4H3. The Balaban J connectivity index is 2.09. The van der Waals surface area contributed by atoms with Crippen molar-refractivity contribution < 1.29 is 9.47 Å². The minimum Gasteiger partial charge on any atom is -0.497 e. The van der Waals surface area contributed by atoms with Crippen molar-refractivity contribution in [1.29, 1.82) is 0 Å². The van der Waals surface area contributed by atoms with E-state index in [1.807, 2.05) is 18.2 Å². The van der Waals surface area contributed by atoms with Crippen LogP contribution < -0.4 is 15.2 Å². The van der Waals surface area contributed by atoms with Crippen molar-refractivity contribution in [3.05, 3.63) is 53.1 Å². The van der Waals surface area contributed by atoms with Gasteiger partial charge in [-0.25, -0.2) is 0 Å². The Bertz CT molecular complexity index is 621. The van der Waals surface area contributed by atoms with Crippen molar-refractivity contribution in [3.63, 3.8) is 0 Å². The maximum atomic E-state index is 5.85. The molecule has 3 nitrogen and oxygen atoms in total. The maximum absolute atomic E-state index is 5.85. The predicted octanol–water partition coefficient (Wildman–Crippen LogP) is 4.29. The maximum Gasteiger partial charge on any atom is 0.121 e. The third kappa shape index (κ3) is 3.91. The number of nitrogens with two attached hydrogens (primary N) is 1. The summed E-state index contributed by atoms with van der Waals surface area (Å²) in [6.45, 7) is 6.98. The molecule has 0 aliphatic carbocycles. The first-order valence-corrected chi connectivity index (χ1v) is 7.16. The van der Waals surface area contributed by atoms with E-state index in [9.17, 15) is 0 Å². The monoisotopic (exact) mass is 285 g/mol. The van der Waals surface area contributed by atoms with Crippen molar-refractivity contribution in [2.45, 2.75) is 33.3 Å². The van der Waals surface area contributed by atoms with E-state index < -0.39 is 0 Å². The quantitative estimate of drug-likeness (QED) is 0.833. The highest BCUT2D eigenvalue weighted by Crippen LogP contribution is 2.25. The van der Waals surface area contributed by atoms with Crippen LogP contribution in [0.25, 0.3) is 0 Å². The number of ether oxygens (including phenoxy) is 2. The molecule has 2 rings (SSSR count).